The summed E-state index contributed by atoms with van der Waals surface area (Å²) in [7, 11) is 2.15. The molecule has 0 radical (unpaired) electrons. The number of hydrogen-bond donors (Lipinski definition) is 1. The van der Waals surface area contributed by atoms with Crippen molar-refractivity contribution in [1.82, 2.24) is 15.1 Å². The first-order valence-corrected chi connectivity index (χ1v) is 7.98. The zero-order valence-electron chi connectivity index (χ0n) is 12.9. The Morgan fingerprint density at radius 3 is 2.73 bits per heavy atom. The predicted octanol–water partition coefficient (Wildman–Crippen LogP) is 1.98. The molecule has 1 aliphatic heterocycles. The number of hydrogen-bond acceptors (Lipinski definition) is 5. The van der Waals surface area contributed by atoms with Crippen molar-refractivity contribution in [2.45, 2.75) is 13.0 Å². The van der Waals surface area contributed by atoms with Gasteiger partial charge in [0.05, 0.1) is 4.92 Å². The maximum absolute atomic E-state index is 10.8. The summed E-state index contributed by atoms with van der Waals surface area (Å²) < 4.78 is 0. The zero-order chi connectivity index (χ0) is 15.9. The Bertz CT molecular complexity index is 504. The Hall–Kier alpha value is -1.21. The maximum Gasteiger partial charge on any atom is 0.269 e. The van der Waals surface area contributed by atoms with Crippen LogP contribution in [0.2, 0.25) is 5.02 Å². The van der Waals surface area contributed by atoms with Crippen molar-refractivity contribution in [3.05, 3.63) is 38.9 Å². The highest BCUT2D eigenvalue weighted by Crippen LogP contribution is 2.21. The van der Waals surface area contributed by atoms with Crippen LogP contribution in [0.4, 0.5) is 5.69 Å². The number of non-ortho nitro benzene ring substituents is 1. The lowest BCUT2D eigenvalue weighted by Crippen LogP contribution is -2.45. The normalized spacial score (nSPS) is 16.8. The molecule has 0 amide bonds. The van der Waals surface area contributed by atoms with Gasteiger partial charge in [0.25, 0.3) is 5.69 Å². The van der Waals surface area contributed by atoms with Crippen LogP contribution in [0.5, 0.6) is 0 Å². The van der Waals surface area contributed by atoms with Gasteiger partial charge in [0, 0.05) is 49.9 Å². The highest BCUT2D eigenvalue weighted by atomic mass is 35.5. The van der Waals surface area contributed by atoms with Gasteiger partial charge >= 0.3 is 0 Å². The number of nitrogens with one attached hydrogen (secondary N) is 1. The summed E-state index contributed by atoms with van der Waals surface area (Å²) in [6, 6.07) is 4.55. The Kier molecular flexibility index (Phi) is 6.57. The van der Waals surface area contributed by atoms with Crippen LogP contribution in [-0.2, 0) is 6.54 Å². The Balaban J connectivity index is 1.68. The molecule has 1 N–H and O–H groups in total. The molecule has 1 aromatic rings. The molecule has 1 heterocycles. The van der Waals surface area contributed by atoms with Crippen molar-refractivity contribution >= 4 is 17.3 Å². The van der Waals surface area contributed by atoms with Gasteiger partial charge in [0.2, 0.25) is 0 Å². The van der Waals surface area contributed by atoms with Gasteiger partial charge in [-0.2, -0.15) is 0 Å². The van der Waals surface area contributed by atoms with Crippen LogP contribution in [0, 0.1) is 10.1 Å². The van der Waals surface area contributed by atoms with Gasteiger partial charge in [-0.3, -0.25) is 10.1 Å². The standard InChI is InChI=1S/C15H23ClN4O2/c1-18-7-9-19(10-8-18)6-2-5-17-12-13-11-14(20(21)22)3-4-15(13)16/h3-4,11,17H,2,5-10,12H2,1H3. The number of halogens is 1. The van der Waals surface area contributed by atoms with E-state index in [-0.39, 0.29) is 5.69 Å². The number of nitrogens with zero attached hydrogens (tertiary/aromatic N) is 3. The van der Waals surface area contributed by atoms with E-state index in [1.54, 1.807) is 6.07 Å². The molecule has 0 atom stereocenters. The molecular weight excluding hydrogens is 304 g/mol. The molecule has 0 spiro atoms. The van der Waals surface area contributed by atoms with E-state index >= 15 is 0 Å². The number of rotatable bonds is 7. The molecule has 2 rings (SSSR count). The molecule has 0 aromatic heterocycles. The average molecular weight is 327 g/mol. The molecule has 1 aliphatic rings. The van der Waals surface area contributed by atoms with Crippen LogP contribution in [0.1, 0.15) is 12.0 Å². The van der Waals surface area contributed by atoms with E-state index in [0.717, 1.165) is 51.3 Å². The minimum absolute atomic E-state index is 0.0821. The van der Waals surface area contributed by atoms with Crippen molar-refractivity contribution in [2.75, 3.05) is 46.3 Å². The first-order valence-electron chi connectivity index (χ1n) is 7.60. The summed E-state index contributed by atoms with van der Waals surface area (Å²) in [5, 5.41) is 14.7. The topological polar surface area (TPSA) is 61.6 Å². The summed E-state index contributed by atoms with van der Waals surface area (Å²) in [5.41, 5.74) is 0.856. The van der Waals surface area contributed by atoms with Crippen LogP contribution < -0.4 is 5.32 Å². The molecule has 122 valence electrons. The van der Waals surface area contributed by atoms with Crippen molar-refractivity contribution in [3.8, 4) is 0 Å². The molecule has 6 nitrogen and oxygen atoms in total. The number of nitro groups is 1. The van der Waals surface area contributed by atoms with Gasteiger partial charge in [-0.1, -0.05) is 11.6 Å². The van der Waals surface area contributed by atoms with Crippen LogP contribution in [-0.4, -0.2) is 61.0 Å². The summed E-state index contributed by atoms with van der Waals surface area (Å²) in [6.07, 6.45) is 1.07. The Morgan fingerprint density at radius 1 is 1.32 bits per heavy atom. The van der Waals surface area contributed by atoms with E-state index in [2.05, 4.69) is 22.2 Å². The lowest BCUT2D eigenvalue weighted by molar-refractivity contribution is -0.384. The fourth-order valence-electron chi connectivity index (χ4n) is 2.53. The van der Waals surface area contributed by atoms with Gasteiger partial charge in [-0.15, -0.1) is 0 Å². The number of nitro benzene ring substituents is 1. The quantitative estimate of drug-likeness (QED) is 0.471. The number of likely N-dealkylation sites (N-methyl/N-ethyl adjacent to an activating group) is 1. The summed E-state index contributed by atoms with van der Waals surface area (Å²) >= 11 is 6.07. The number of piperazine rings is 1. The van der Waals surface area contributed by atoms with E-state index in [0.29, 0.717) is 11.6 Å². The van der Waals surface area contributed by atoms with Gasteiger partial charge < -0.3 is 15.1 Å². The minimum Gasteiger partial charge on any atom is -0.313 e. The second kappa shape index (κ2) is 8.43. The Labute approximate surface area is 136 Å². The first-order chi connectivity index (χ1) is 10.6. The van der Waals surface area contributed by atoms with E-state index < -0.39 is 4.92 Å². The van der Waals surface area contributed by atoms with Crippen molar-refractivity contribution in [2.24, 2.45) is 0 Å². The molecule has 1 aromatic carbocycles. The fourth-order valence-corrected chi connectivity index (χ4v) is 2.72. The fraction of sp³-hybridized carbons (Fsp3) is 0.600. The van der Waals surface area contributed by atoms with E-state index in [1.165, 1.54) is 12.1 Å². The summed E-state index contributed by atoms with van der Waals surface area (Å²) in [5.74, 6) is 0. The maximum atomic E-state index is 10.8. The van der Waals surface area contributed by atoms with Crippen molar-refractivity contribution in [3.63, 3.8) is 0 Å². The third-order valence-corrected chi connectivity index (χ3v) is 4.35. The van der Waals surface area contributed by atoms with Crippen molar-refractivity contribution < 1.29 is 4.92 Å². The van der Waals surface area contributed by atoms with E-state index in [9.17, 15) is 10.1 Å². The van der Waals surface area contributed by atoms with Gasteiger partial charge in [-0.05, 0) is 38.2 Å². The molecule has 22 heavy (non-hydrogen) atoms. The molecule has 1 saturated heterocycles. The minimum atomic E-state index is -0.396. The highest BCUT2D eigenvalue weighted by Gasteiger charge is 2.13. The van der Waals surface area contributed by atoms with Crippen LogP contribution in [0.15, 0.2) is 18.2 Å². The summed E-state index contributed by atoms with van der Waals surface area (Å²) in [6.45, 7) is 7.06. The monoisotopic (exact) mass is 326 g/mol. The SMILES string of the molecule is CN1CCN(CCCNCc2cc([N+](=O)[O-])ccc2Cl)CC1. The molecule has 0 unspecified atom stereocenters. The second-order valence-electron chi connectivity index (χ2n) is 5.71. The largest absolute Gasteiger partial charge is 0.313 e. The Morgan fingerprint density at radius 2 is 2.05 bits per heavy atom. The van der Waals surface area contributed by atoms with Crippen LogP contribution >= 0.6 is 11.6 Å². The van der Waals surface area contributed by atoms with Crippen molar-refractivity contribution in [1.29, 1.82) is 0 Å². The molecule has 0 aliphatic carbocycles. The number of benzene rings is 1. The third-order valence-electron chi connectivity index (χ3n) is 3.98. The van der Waals surface area contributed by atoms with Gasteiger partial charge in [-0.25, -0.2) is 0 Å². The van der Waals surface area contributed by atoms with Gasteiger partial charge in [0.15, 0.2) is 0 Å². The first kappa shape index (κ1) is 17.1. The van der Waals surface area contributed by atoms with Crippen LogP contribution in [0.3, 0.4) is 0 Å². The smallest absolute Gasteiger partial charge is 0.269 e. The summed E-state index contributed by atoms with van der Waals surface area (Å²) in [4.78, 5) is 15.2. The third kappa shape index (κ3) is 5.21. The average Bonchev–Trinajstić information content (AvgIpc) is 2.50. The van der Waals surface area contributed by atoms with Crippen LogP contribution in [0.25, 0.3) is 0 Å². The molecule has 0 saturated carbocycles. The van der Waals surface area contributed by atoms with Gasteiger partial charge in [0.1, 0.15) is 0 Å². The zero-order valence-corrected chi connectivity index (χ0v) is 13.7. The second-order valence-corrected chi connectivity index (χ2v) is 6.12. The molecule has 1 fully saturated rings. The highest BCUT2D eigenvalue weighted by molar-refractivity contribution is 6.31. The molecule has 7 heteroatoms. The molecular formula is C15H23ClN4O2. The lowest BCUT2D eigenvalue weighted by Gasteiger charge is -2.32. The molecule has 0 bridgehead atoms. The predicted molar refractivity (Wildman–Crippen MR) is 88.4 cm³/mol. The lowest BCUT2D eigenvalue weighted by atomic mass is 10.2. The van der Waals surface area contributed by atoms with E-state index in [1.807, 2.05) is 0 Å². The van der Waals surface area contributed by atoms with E-state index in [4.69, 9.17) is 11.6 Å².